The van der Waals surface area contributed by atoms with E-state index in [1.165, 1.54) is 7.11 Å². The monoisotopic (exact) mass is 301 g/mol. The number of fused-ring (bicyclic) bond motifs is 1. The van der Waals surface area contributed by atoms with E-state index in [9.17, 15) is 9.59 Å². The molecule has 5 nitrogen and oxygen atoms in total. The van der Waals surface area contributed by atoms with Gasteiger partial charge in [-0.25, -0.2) is 4.79 Å². The van der Waals surface area contributed by atoms with Gasteiger partial charge in [-0.3, -0.25) is 4.79 Å². The third-order valence-electron chi connectivity index (χ3n) is 3.56. The zero-order chi connectivity index (χ0) is 16.1. The summed E-state index contributed by atoms with van der Waals surface area (Å²) in [6, 6.07) is 10.4. The molecule has 2 aromatic rings. The molecule has 0 saturated heterocycles. The minimum Gasteiger partial charge on any atom is -0.480 e. The highest BCUT2D eigenvalue weighted by molar-refractivity contribution is 6.09. The predicted molar refractivity (Wildman–Crippen MR) is 84.1 cm³/mol. The van der Waals surface area contributed by atoms with Crippen molar-refractivity contribution in [3.8, 4) is 0 Å². The molecule has 2 rings (SSSR count). The fourth-order valence-electron chi connectivity index (χ4n) is 2.45. The average molecular weight is 301 g/mol. The third kappa shape index (κ3) is 3.26. The van der Waals surface area contributed by atoms with E-state index in [0.717, 1.165) is 16.3 Å². The van der Waals surface area contributed by atoms with Crippen molar-refractivity contribution >= 4 is 22.6 Å². The zero-order valence-electron chi connectivity index (χ0n) is 12.6. The van der Waals surface area contributed by atoms with Crippen molar-refractivity contribution in [3.63, 3.8) is 0 Å². The van der Waals surface area contributed by atoms with Gasteiger partial charge in [0.1, 0.15) is 0 Å². The number of nitrogens with one attached hydrogen (secondary N) is 1. The SMILES string of the molecule is CCc1ccc2ccccc2c1C(=O)N[C@@H](COC)C(=O)O. The summed E-state index contributed by atoms with van der Waals surface area (Å²) in [6.07, 6.45) is 0.690. The minimum atomic E-state index is -1.12. The quantitative estimate of drug-likeness (QED) is 0.858. The number of carbonyl (C=O) groups excluding carboxylic acids is 1. The maximum absolute atomic E-state index is 12.6. The summed E-state index contributed by atoms with van der Waals surface area (Å²) in [6.45, 7) is 1.89. The van der Waals surface area contributed by atoms with Crippen LogP contribution in [0.2, 0.25) is 0 Å². The van der Waals surface area contributed by atoms with Crippen LogP contribution in [0.25, 0.3) is 10.8 Å². The van der Waals surface area contributed by atoms with Crippen LogP contribution in [0.4, 0.5) is 0 Å². The molecule has 0 fully saturated rings. The Hall–Kier alpha value is -2.40. The van der Waals surface area contributed by atoms with E-state index < -0.39 is 17.9 Å². The van der Waals surface area contributed by atoms with Gasteiger partial charge in [-0.05, 0) is 22.8 Å². The van der Waals surface area contributed by atoms with Crippen LogP contribution in [-0.2, 0) is 16.0 Å². The Bertz CT molecular complexity index is 696. The molecule has 0 aromatic heterocycles. The first-order valence-corrected chi connectivity index (χ1v) is 7.11. The normalized spacial score (nSPS) is 12.1. The Morgan fingerprint density at radius 3 is 2.59 bits per heavy atom. The van der Waals surface area contributed by atoms with Crippen LogP contribution in [0.5, 0.6) is 0 Å². The van der Waals surface area contributed by atoms with Gasteiger partial charge in [0.15, 0.2) is 6.04 Å². The lowest BCUT2D eigenvalue weighted by Crippen LogP contribution is -2.44. The average Bonchev–Trinajstić information content (AvgIpc) is 2.52. The van der Waals surface area contributed by atoms with Gasteiger partial charge in [0.2, 0.25) is 0 Å². The molecule has 1 atom stereocenters. The van der Waals surface area contributed by atoms with Gasteiger partial charge in [-0.1, -0.05) is 43.3 Å². The highest BCUT2D eigenvalue weighted by Gasteiger charge is 2.22. The molecule has 0 aliphatic carbocycles. The molecular formula is C17H19NO4. The van der Waals surface area contributed by atoms with E-state index in [1.54, 1.807) is 0 Å². The number of hydrogen-bond acceptors (Lipinski definition) is 3. The minimum absolute atomic E-state index is 0.0761. The lowest BCUT2D eigenvalue weighted by atomic mass is 9.96. The molecule has 0 saturated carbocycles. The molecule has 1 amide bonds. The molecule has 0 aliphatic heterocycles. The fourth-order valence-corrected chi connectivity index (χ4v) is 2.45. The van der Waals surface area contributed by atoms with E-state index in [0.29, 0.717) is 12.0 Å². The Morgan fingerprint density at radius 2 is 1.95 bits per heavy atom. The summed E-state index contributed by atoms with van der Waals surface area (Å²) in [5, 5.41) is 13.5. The van der Waals surface area contributed by atoms with E-state index >= 15 is 0 Å². The summed E-state index contributed by atoms with van der Waals surface area (Å²) in [5.41, 5.74) is 1.42. The Morgan fingerprint density at radius 1 is 1.23 bits per heavy atom. The van der Waals surface area contributed by atoms with Crippen molar-refractivity contribution in [2.45, 2.75) is 19.4 Å². The first-order chi connectivity index (χ1) is 10.6. The highest BCUT2D eigenvalue weighted by Crippen LogP contribution is 2.23. The standard InChI is InChI=1S/C17H19NO4/c1-3-11-8-9-12-6-4-5-7-13(12)15(11)16(19)18-14(10-22-2)17(20)21/h4-9,14H,3,10H2,1-2H3,(H,18,19)(H,20,21)/t14-/m0/s1. The Kier molecular flexibility index (Phi) is 5.12. The van der Waals surface area contributed by atoms with Crippen molar-refractivity contribution in [1.82, 2.24) is 5.32 Å². The summed E-state index contributed by atoms with van der Waals surface area (Å²) in [4.78, 5) is 23.8. The summed E-state index contributed by atoms with van der Waals surface area (Å²) < 4.78 is 4.85. The van der Waals surface area contributed by atoms with Gasteiger partial charge in [0, 0.05) is 7.11 Å². The molecule has 2 N–H and O–H groups in total. The second kappa shape index (κ2) is 7.04. The van der Waals surface area contributed by atoms with Gasteiger partial charge in [0.25, 0.3) is 5.91 Å². The molecule has 0 radical (unpaired) electrons. The molecule has 0 heterocycles. The largest absolute Gasteiger partial charge is 0.480 e. The molecule has 0 unspecified atom stereocenters. The number of carboxylic acids is 1. The van der Waals surface area contributed by atoms with Gasteiger partial charge in [-0.15, -0.1) is 0 Å². The number of carboxylic acid groups (broad SMARTS) is 1. The van der Waals surface area contributed by atoms with Crippen LogP contribution < -0.4 is 5.32 Å². The maximum Gasteiger partial charge on any atom is 0.328 e. The summed E-state index contributed by atoms with van der Waals surface area (Å²) in [7, 11) is 1.40. The van der Waals surface area contributed by atoms with Crippen LogP contribution in [0, 0.1) is 0 Å². The second-order valence-corrected chi connectivity index (χ2v) is 4.99. The van der Waals surface area contributed by atoms with Gasteiger partial charge in [0.05, 0.1) is 12.2 Å². The van der Waals surface area contributed by atoms with Crippen molar-refractivity contribution in [3.05, 3.63) is 47.5 Å². The third-order valence-corrected chi connectivity index (χ3v) is 3.56. The van der Waals surface area contributed by atoms with Crippen molar-refractivity contribution in [1.29, 1.82) is 0 Å². The number of rotatable bonds is 6. The van der Waals surface area contributed by atoms with Gasteiger partial charge < -0.3 is 15.2 Å². The molecule has 5 heteroatoms. The van der Waals surface area contributed by atoms with Crippen LogP contribution in [0.3, 0.4) is 0 Å². The van der Waals surface area contributed by atoms with E-state index in [4.69, 9.17) is 9.84 Å². The number of hydrogen-bond donors (Lipinski definition) is 2. The highest BCUT2D eigenvalue weighted by atomic mass is 16.5. The molecule has 2 aromatic carbocycles. The number of aliphatic carboxylic acids is 1. The smallest absolute Gasteiger partial charge is 0.328 e. The zero-order valence-corrected chi connectivity index (χ0v) is 12.6. The molecular weight excluding hydrogens is 282 g/mol. The van der Waals surface area contributed by atoms with E-state index in [2.05, 4.69) is 5.32 Å². The number of aryl methyl sites for hydroxylation is 1. The van der Waals surface area contributed by atoms with Gasteiger partial charge >= 0.3 is 5.97 Å². The molecule has 0 aliphatic rings. The number of benzene rings is 2. The lowest BCUT2D eigenvalue weighted by molar-refractivity contribution is -0.140. The fraction of sp³-hybridized carbons (Fsp3) is 0.294. The molecule has 116 valence electrons. The van der Waals surface area contributed by atoms with Crippen molar-refractivity contribution in [2.24, 2.45) is 0 Å². The predicted octanol–water partition coefficient (Wildman–Crippen LogP) is 2.23. The Labute approximate surface area is 128 Å². The second-order valence-electron chi connectivity index (χ2n) is 4.99. The van der Waals surface area contributed by atoms with E-state index in [-0.39, 0.29) is 6.61 Å². The maximum atomic E-state index is 12.6. The molecule has 22 heavy (non-hydrogen) atoms. The lowest BCUT2D eigenvalue weighted by Gasteiger charge is -2.16. The number of ether oxygens (including phenoxy) is 1. The number of methoxy groups -OCH3 is 1. The summed E-state index contributed by atoms with van der Waals surface area (Å²) in [5.74, 6) is -1.51. The topological polar surface area (TPSA) is 75.6 Å². The van der Waals surface area contributed by atoms with Crippen LogP contribution in [-0.4, -0.2) is 36.7 Å². The van der Waals surface area contributed by atoms with Gasteiger partial charge in [-0.2, -0.15) is 0 Å². The molecule has 0 bridgehead atoms. The van der Waals surface area contributed by atoms with E-state index in [1.807, 2.05) is 43.3 Å². The summed E-state index contributed by atoms with van der Waals surface area (Å²) >= 11 is 0. The molecule has 0 spiro atoms. The van der Waals surface area contributed by atoms with Crippen LogP contribution >= 0.6 is 0 Å². The number of amides is 1. The van der Waals surface area contributed by atoms with Crippen LogP contribution in [0.15, 0.2) is 36.4 Å². The first kappa shape index (κ1) is 16.0. The van der Waals surface area contributed by atoms with Crippen molar-refractivity contribution in [2.75, 3.05) is 13.7 Å². The first-order valence-electron chi connectivity index (χ1n) is 7.11. The van der Waals surface area contributed by atoms with Crippen molar-refractivity contribution < 1.29 is 19.4 Å². The van der Waals surface area contributed by atoms with Crippen LogP contribution in [0.1, 0.15) is 22.8 Å². The Balaban J connectivity index is 2.43. The number of carbonyl (C=O) groups is 2.